The van der Waals surface area contributed by atoms with Gasteiger partial charge in [-0.3, -0.25) is 0 Å². The number of sulfonamides is 1. The van der Waals surface area contributed by atoms with Crippen LogP contribution in [0, 0.1) is 0 Å². The summed E-state index contributed by atoms with van der Waals surface area (Å²) in [5.74, 6) is 0. The molecular weight excluding hydrogens is 352 g/mol. The van der Waals surface area contributed by atoms with E-state index in [0.29, 0.717) is 13.1 Å². The Balaban J connectivity index is 0.00000180. The molecule has 1 aromatic carbocycles. The minimum atomic E-state index is -3.35. The summed E-state index contributed by atoms with van der Waals surface area (Å²) in [7, 11) is -3.35. The van der Waals surface area contributed by atoms with Gasteiger partial charge in [-0.25, -0.2) is 8.42 Å². The van der Waals surface area contributed by atoms with E-state index in [1.807, 2.05) is 24.3 Å². The molecule has 1 heterocycles. The van der Waals surface area contributed by atoms with E-state index in [1.165, 1.54) is 9.71 Å². The fourth-order valence-electron chi connectivity index (χ4n) is 1.85. The molecule has 0 aromatic heterocycles. The van der Waals surface area contributed by atoms with Gasteiger partial charge in [0.1, 0.15) is 0 Å². The molecule has 0 bridgehead atoms. The van der Waals surface area contributed by atoms with E-state index in [4.69, 9.17) is 5.73 Å². The molecule has 1 aliphatic heterocycles. The molecule has 0 unspecified atom stereocenters. The van der Waals surface area contributed by atoms with Gasteiger partial charge < -0.3 is 5.73 Å². The number of hydrogen-bond donors (Lipinski definition) is 1. The minimum Gasteiger partial charge on any atom is -0.326 e. The Labute approximate surface area is 128 Å². The molecule has 0 spiro atoms. The van der Waals surface area contributed by atoms with Gasteiger partial charge in [-0.05, 0) is 30.2 Å². The fourth-order valence-corrected chi connectivity index (χ4v) is 3.52. The molecule has 19 heavy (non-hydrogen) atoms. The maximum atomic E-state index is 12.0. The first-order chi connectivity index (χ1) is 8.47. The summed E-state index contributed by atoms with van der Waals surface area (Å²) in [4.78, 5) is 0. The lowest BCUT2D eigenvalue weighted by molar-refractivity contribution is 0.481. The van der Waals surface area contributed by atoms with Gasteiger partial charge >= 0.3 is 0 Å². The highest BCUT2D eigenvalue weighted by molar-refractivity contribution is 9.10. The Morgan fingerprint density at radius 2 is 2.16 bits per heavy atom. The SMILES string of the molecule is Cl.N[C@H]1CCN(S(=O)(=O)/C=C/c2cccc(Br)c2)C1. The Bertz CT molecular complexity index is 563. The number of rotatable bonds is 3. The summed E-state index contributed by atoms with van der Waals surface area (Å²) in [6, 6.07) is 7.43. The second-order valence-corrected chi connectivity index (χ2v) is 7.04. The largest absolute Gasteiger partial charge is 0.326 e. The molecule has 1 saturated heterocycles. The van der Waals surface area contributed by atoms with Crippen LogP contribution in [0.25, 0.3) is 6.08 Å². The summed E-state index contributed by atoms with van der Waals surface area (Å²) < 4.78 is 26.4. The fraction of sp³-hybridized carbons (Fsp3) is 0.333. The first-order valence-electron chi connectivity index (χ1n) is 5.67. The maximum Gasteiger partial charge on any atom is 0.236 e. The lowest BCUT2D eigenvalue weighted by Gasteiger charge is -2.12. The van der Waals surface area contributed by atoms with Gasteiger partial charge in [0.05, 0.1) is 0 Å². The molecular formula is C12H16BrClN2O2S. The predicted octanol–water partition coefficient (Wildman–Crippen LogP) is 2.20. The smallest absolute Gasteiger partial charge is 0.236 e. The van der Waals surface area contributed by atoms with Gasteiger partial charge in [-0.15, -0.1) is 12.4 Å². The zero-order chi connectivity index (χ0) is 13.2. The van der Waals surface area contributed by atoms with Crippen molar-refractivity contribution >= 4 is 44.4 Å². The van der Waals surface area contributed by atoms with Gasteiger partial charge in [0.25, 0.3) is 0 Å². The summed E-state index contributed by atoms with van der Waals surface area (Å²) in [5.41, 5.74) is 6.56. The lowest BCUT2D eigenvalue weighted by atomic mass is 10.2. The van der Waals surface area contributed by atoms with Crippen molar-refractivity contribution in [3.05, 3.63) is 39.7 Å². The van der Waals surface area contributed by atoms with Crippen molar-refractivity contribution in [1.82, 2.24) is 4.31 Å². The Morgan fingerprint density at radius 1 is 1.42 bits per heavy atom. The molecule has 4 nitrogen and oxygen atoms in total. The highest BCUT2D eigenvalue weighted by atomic mass is 79.9. The van der Waals surface area contributed by atoms with Gasteiger partial charge in [0.2, 0.25) is 10.0 Å². The average molecular weight is 368 g/mol. The van der Waals surface area contributed by atoms with Crippen molar-refractivity contribution in [2.45, 2.75) is 12.5 Å². The third-order valence-corrected chi connectivity index (χ3v) is 4.85. The summed E-state index contributed by atoms with van der Waals surface area (Å²) in [6.07, 6.45) is 2.33. The van der Waals surface area contributed by atoms with Gasteiger partial charge in [-0.1, -0.05) is 28.1 Å². The van der Waals surface area contributed by atoms with E-state index in [2.05, 4.69) is 15.9 Å². The van der Waals surface area contributed by atoms with E-state index in [-0.39, 0.29) is 18.4 Å². The van der Waals surface area contributed by atoms with Crippen LogP contribution in [0.1, 0.15) is 12.0 Å². The number of nitrogens with zero attached hydrogens (tertiary/aromatic N) is 1. The van der Waals surface area contributed by atoms with Crippen molar-refractivity contribution < 1.29 is 8.42 Å². The van der Waals surface area contributed by atoms with Gasteiger partial charge in [0, 0.05) is 29.0 Å². The zero-order valence-corrected chi connectivity index (χ0v) is 13.4. The second-order valence-electron chi connectivity index (χ2n) is 4.31. The highest BCUT2D eigenvalue weighted by Crippen LogP contribution is 2.16. The van der Waals surface area contributed by atoms with Crippen LogP contribution in [0.15, 0.2) is 34.1 Å². The van der Waals surface area contributed by atoms with Crippen LogP contribution in [-0.2, 0) is 10.0 Å². The Hall–Kier alpha value is -0.400. The topological polar surface area (TPSA) is 63.4 Å². The summed E-state index contributed by atoms with van der Waals surface area (Å²) >= 11 is 3.35. The van der Waals surface area contributed by atoms with E-state index in [0.717, 1.165) is 16.5 Å². The van der Waals surface area contributed by atoms with Crippen LogP contribution >= 0.6 is 28.3 Å². The number of hydrogen-bond acceptors (Lipinski definition) is 3. The molecule has 2 rings (SSSR count). The molecule has 1 aliphatic rings. The molecule has 106 valence electrons. The monoisotopic (exact) mass is 366 g/mol. The maximum absolute atomic E-state index is 12.0. The number of benzene rings is 1. The third-order valence-electron chi connectivity index (χ3n) is 2.83. The predicted molar refractivity (Wildman–Crippen MR) is 83.5 cm³/mol. The average Bonchev–Trinajstić information content (AvgIpc) is 2.74. The summed E-state index contributed by atoms with van der Waals surface area (Å²) in [6.45, 7) is 0.914. The van der Waals surface area contributed by atoms with Crippen molar-refractivity contribution in [2.75, 3.05) is 13.1 Å². The molecule has 1 atom stereocenters. The van der Waals surface area contributed by atoms with Crippen molar-refractivity contribution in [3.8, 4) is 0 Å². The lowest BCUT2D eigenvalue weighted by Crippen LogP contribution is -2.30. The molecule has 0 saturated carbocycles. The van der Waals surface area contributed by atoms with Crippen LogP contribution in [-0.4, -0.2) is 31.9 Å². The van der Waals surface area contributed by atoms with Crippen LogP contribution in [0.4, 0.5) is 0 Å². The van der Waals surface area contributed by atoms with Crippen LogP contribution in [0.2, 0.25) is 0 Å². The van der Waals surface area contributed by atoms with Crippen LogP contribution in [0.5, 0.6) is 0 Å². The minimum absolute atomic E-state index is 0. The van der Waals surface area contributed by atoms with E-state index < -0.39 is 10.0 Å². The van der Waals surface area contributed by atoms with E-state index >= 15 is 0 Å². The standard InChI is InChI=1S/C12H15BrN2O2S.ClH/c13-11-3-1-2-10(8-11)5-7-18(16,17)15-6-4-12(14)9-15;/h1-3,5,7-8,12H,4,6,9,14H2;1H/b7-5+;/t12-;/m0./s1. The first-order valence-corrected chi connectivity index (χ1v) is 7.96. The summed E-state index contributed by atoms with van der Waals surface area (Å²) in [5, 5.41) is 1.24. The van der Waals surface area contributed by atoms with E-state index in [9.17, 15) is 8.42 Å². The van der Waals surface area contributed by atoms with E-state index in [1.54, 1.807) is 6.08 Å². The third kappa shape index (κ3) is 4.57. The van der Waals surface area contributed by atoms with Crippen LogP contribution < -0.4 is 5.73 Å². The van der Waals surface area contributed by atoms with Crippen molar-refractivity contribution in [1.29, 1.82) is 0 Å². The molecule has 2 N–H and O–H groups in total. The highest BCUT2D eigenvalue weighted by Gasteiger charge is 2.27. The van der Waals surface area contributed by atoms with Crippen molar-refractivity contribution in [3.63, 3.8) is 0 Å². The normalized spacial score (nSPS) is 20.6. The number of nitrogens with two attached hydrogens (primary N) is 1. The second kappa shape index (κ2) is 6.85. The molecule has 1 aromatic rings. The molecule has 0 radical (unpaired) electrons. The Kier molecular flexibility index (Phi) is 6.01. The molecule has 0 aliphatic carbocycles. The Morgan fingerprint density at radius 3 is 2.74 bits per heavy atom. The molecule has 7 heteroatoms. The number of halogens is 2. The quantitative estimate of drug-likeness (QED) is 0.891. The van der Waals surface area contributed by atoms with Crippen LogP contribution in [0.3, 0.4) is 0 Å². The molecule has 0 amide bonds. The van der Waals surface area contributed by atoms with Gasteiger partial charge in [-0.2, -0.15) is 4.31 Å². The zero-order valence-electron chi connectivity index (χ0n) is 10.2. The molecule has 1 fully saturated rings. The first kappa shape index (κ1) is 16.7. The van der Waals surface area contributed by atoms with Crippen molar-refractivity contribution in [2.24, 2.45) is 5.73 Å². The van der Waals surface area contributed by atoms with Gasteiger partial charge in [0.15, 0.2) is 0 Å².